The van der Waals surface area contributed by atoms with Crippen molar-refractivity contribution in [3.05, 3.63) is 92.4 Å². The van der Waals surface area contributed by atoms with E-state index in [0.717, 1.165) is 27.7 Å². The van der Waals surface area contributed by atoms with Gasteiger partial charge in [-0.15, -0.1) is 0 Å². The number of fused-ring (bicyclic) bond motifs is 3. The van der Waals surface area contributed by atoms with Gasteiger partial charge in [-0.25, -0.2) is 15.0 Å². The van der Waals surface area contributed by atoms with Gasteiger partial charge in [0.05, 0.1) is 16.6 Å². The fourth-order valence-corrected chi connectivity index (χ4v) is 4.44. The summed E-state index contributed by atoms with van der Waals surface area (Å²) in [5, 5.41) is 14.4. The zero-order valence-corrected chi connectivity index (χ0v) is 19.5. The van der Waals surface area contributed by atoms with Gasteiger partial charge in [0.15, 0.2) is 16.0 Å². The van der Waals surface area contributed by atoms with Crippen molar-refractivity contribution in [1.29, 1.82) is 5.26 Å². The van der Waals surface area contributed by atoms with Crippen molar-refractivity contribution in [3.63, 3.8) is 0 Å². The molecule has 0 saturated heterocycles. The lowest BCUT2D eigenvalue weighted by Gasteiger charge is -2.19. The van der Waals surface area contributed by atoms with E-state index >= 15 is 0 Å². The normalized spacial score (nSPS) is 11.1. The molecule has 0 unspecified atom stereocenters. The second kappa shape index (κ2) is 8.53. The maximum atomic E-state index is 10.0. The average molecular weight is 494 g/mol. The molecule has 0 spiro atoms. The first kappa shape index (κ1) is 21.5. The van der Waals surface area contributed by atoms with Crippen LogP contribution in [0.4, 0.5) is 11.5 Å². The van der Waals surface area contributed by atoms with Crippen molar-refractivity contribution in [2.24, 2.45) is 0 Å². The summed E-state index contributed by atoms with van der Waals surface area (Å²) in [6, 6.07) is 17.6. The fraction of sp³-hybridized carbons (Fsp3) is 0.0833. The number of para-hydroxylation sites is 2. The number of hydrogen-bond acceptors (Lipinski definition) is 5. The van der Waals surface area contributed by atoms with Crippen LogP contribution in [-0.2, 0) is 6.42 Å². The van der Waals surface area contributed by atoms with Crippen LogP contribution in [0.15, 0.2) is 54.9 Å². The van der Waals surface area contributed by atoms with E-state index in [1.54, 1.807) is 0 Å². The first-order valence-corrected chi connectivity index (χ1v) is 11.1. The first-order chi connectivity index (χ1) is 16.0. The number of pyridine rings is 1. The van der Waals surface area contributed by atoms with Crippen LogP contribution < -0.4 is 5.32 Å². The van der Waals surface area contributed by atoms with Gasteiger partial charge in [-0.1, -0.05) is 59.1 Å². The maximum Gasteiger partial charge on any atom is 0.157 e. The van der Waals surface area contributed by atoms with Gasteiger partial charge in [0.1, 0.15) is 23.9 Å². The van der Waals surface area contributed by atoms with Crippen LogP contribution in [0.3, 0.4) is 0 Å². The van der Waals surface area contributed by atoms with Gasteiger partial charge >= 0.3 is 0 Å². The second-order valence-corrected chi connectivity index (χ2v) is 8.61. The van der Waals surface area contributed by atoms with Gasteiger partial charge in [0, 0.05) is 17.0 Å². The van der Waals surface area contributed by atoms with Crippen LogP contribution >= 0.6 is 34.8 Å². The molecule has 1 N–H and O–H groups in total. The highest BCUT2D eigenvalue weighted by molar-refractivity contribution is 6.37. The predicted octanol–water partition coefficient (Wildman–Crippen LogP) is 6.75. The Morgan fingerprint density at radius 1 is 1.00 bits per heavy atom. The Morgan fingerprint density at radius 2 is 1.70 bits per heavy atom. The molecule has 0 atom stereocenters. The van der Waals surface area contributed by atoms with E-state index in [9.17, 15) is 5.26 Å². The molecule has 0 radical (unpaired) electrons. The topological polar surface area (TPSA) is 78.9 Å². The molecule has 3 heterocycles. The van der Waals surface area contributed by atoms with Crippen LogP contribution in [0.2, 0.25) is 15.3 Å². The summed E-state index contributed by atoms with van der Waals surface area (Å²) in [5.41, 5.74) is 5.75. The van der Waals surface area contributed by atoms with Crippen molar-refractivity contribution < 1.29 is 0 Å². The van der Waals surface area contributed by atoms with Crippen LogP contribution in [0.1, 0.15) is 22.3 Å². The van der Waals surface area contributed by atoms with Crippen LogP contribution in [0, 0.1) is 18.3 Å². The minimum Gasteiger partial charge on any atom is -0.336 e. The van der Waals surface area contributed by atoms with Gasteiger partial charge in [0.25, 0.3) is 0 Å². The highest BCUT2D eigenvalue weighted by Crippen LogP contribution is 2.37. The summed E-state index contributed by atoms with van der Waals surface area (Å²) >= 11 is 18.8. The van der Waals surface area contributed by atoms with E-state index in [2.05, 4.69) is 21.4 Å². The largest absolute Gasteiger partial charge is 0.336 e. The van der Waals surface area contributed by atoms with E-state index < -0.39 is 0 Å². The molecule has 0 aliphatic rings. The van der Waals surface area contributed by atoms with Crippen LogP contribution in [-0.4, -0.2) is 19.4 Å². The van der Waals surface area contributed by atoms with Crippen molar-refractivity contribution in [2.45, 2.75) is 13.3 Å². The smallest absolute Gasteiger partial charge is 0.157 e. The highest BCUT2D eigenvalue weighted by atomic mass is 35.5. The summed E-state index contributed by atoms with van der Waals surface area (Å²) in [4.78, 5) is 12.9. The van der Waals surface area contributed by atoms with E-state index in [1.807, 2.05) is 59.9 Å². The number of rotatable bonds is 4. The summed E-state index contributed by atoms with van der Waals surface area (Å²) in [6.07, 6.45) is 1.84. The third-order valence-corrected chi connectivity index (χ3v) is 6.35. The highest BCUT2D eigenvalue weighted by Gasteiger charge is 2.22. The molecular formula is C24H15Cl3N6. The number of halogens is 3. The standard InChI is InChI=1S/C24H15Cl3N6/c1-13-16(10-14-6-8-15(25)9-7-14)23(32-20-21(26)29-12-30-22(20)27)33-19-5-3-2-4-18(19)31-24(33)17(13)11-28/h2-9,12,32H,10H2,1H3. The van der Waals surface area contributed by atoms with Crippen molar-refractivity contribution in [3.8, 4) is 6.07 Å². The van der Waals surface area contributed by atoms with Gasteiger partial charge < -0.3 is 5.32 Å². The maximum absolute atomic E-state index is 10.0. The second-order valence-electron chi connectivity index (χ2n) is 7.46. The third kappa shape index (κ3) is 3.75. The van der Waals surface area contributed by atoms with Crippen molar-refractivity contribution in [2.75, 3.05) is 5.32 Å². The minimum absolute atomic E-state index is 0.187. The predicted molar refractivity (Wildman–Crippen MR) is 132 cm³/mol. The zero-order valence-electron chi connectivity index (χ0n) is 17.3. The zero-order chi connectivity index (χ0) is 23.1. The third-order valence-electron chi connectivity index (χ3n) is 5.53. The number of nitrogens with zero attached hydrogens (tertiary/aromatic N) is 5. The molecule has 0 fully saturated rings. The molecule has 0 aliphatic carbocycles. The van der Waals surface area contributed by atoms with Crippen molar-refractivity contribution in [1.82, 2.24) is 19.4 Å². The molecule has 33 heavy (non-hydrogen) atoms. The summed E-state index contributed by atoms with van der Waals surface area (Å²) in [6.45, 7) is 1.92. The van der Waals surface area contributed by atoms with Gasteiger partial charge in [-0.2, -0.15) is 5.26 Å². The number of nitrogens with one attached hydrogen (secondary N) is 1. The Morgan fingerprint density at radius 3 is 2.39 bits per heavy atom. The summed E-state index contributed by atoms with van der Waals surface area (Å²) in [7, 11) is 0. The Labute approximate surface area is 204 Å². The fourth-order valence-electron chi connectivity index (χ4n) is 3.91. The number of benzene rings is 2. The Balaban J connectivity index is 1.86. The molecule has 5 rings (SSSR count). The van der Waals surface area contributed by atoms with Gasteiger partial charge in [0.2, 0.25) is 0 Å². The number of anilines is 2. The lowest BCUT2D eigenvalue weighted by molar-refractivity contribution is 1.08. The Bertz CT molecular complexity index is 1550. The molecule has 162 valence electrons. The average Bonchev–Trinajstić information content (AvgIpc) is 3.19. The van der Waals surface area contributed by atoms with E-state index in [1.165, 1.54) is 6.33 Å². The molecule has 0 bridgehead atoms. The number of nitriles is 1. The minimum atomic E-state index is 0.187. The lowest BCUT2D eigenvalue weighted by Crippen LogP contribution is -2.10. The first-order valence-electron chi connectivity index (χ1n) is 9.98. The molecule has 9 heteroatoms. The van der Waals surface area contributed by atoms with Crippen LogP contribution in [0.25, 0.3) is 16.7 Å². The molecular weight excluding hydrogens is 479 g/mol. The number of imidazole rings is 1. The van der Waals surface area contributed by atoms with Gasteiger partial charge in [-0.05, 0) is 42.3 Å². The quantitative estimate of drug-likeness (QED) is 0.280. The van der Waals surface area contributed by atoms with E-state index in [-0.39, 0.29) is 10.3 Å². The van der Waals surface area contributed by atoms with E-state index in [4.69, 9.17) is 39.8 Å². The molecule has 2 aromatic carbocycles. The van der Waals surface area contributed by atoms with Gasteiger partial charge in [-0.3, -0.25) is 4.40 Å². The van der Waals surface area contributed by atoms with Crippen LogP contribution in [0.5, 0.6) is 0 Å². The summed E-state index contributed by atoms with van der Waals surface area (Å²) in [5.74, 6) is 0.684. The summed E-state index contributed by atoms with van der Waals surface area (Å²) < 4.78 is 1.92. The van der Waals surface area contributed by atoms with Crippen molar-refractivity contribution >= 4 is 63.0 Å². The SMILES string of the molecule is Cc1c(Cc2ccc(Cl)cc2)c(Nc2c(Cl)ncnc2Cl)n2c(nc3ccccc32)c1C#N. The molecule has 6 nitrogen and oxygen atoms in total. The Hall–Kier alpha value is -3.37. The molecule has 3 aromatic heterocycles. The molecule has 0 aliphatic heterocycles. The molecule has 0 amide bonds. The molecule has 0 saturated carbocycles. The molecule has 5 aromatic rings. The number of hydrogen-bond donors (Lipinski definition) is 1. The Kier molecular flexibility index (Phi) is 5.55. The monoisotopic (exact) mass is 492 g/mol. The van der Waals surface area contributed by atoms with E-state index in [0.29, 0.717) is 34.2 Å². The number of aromatic nitrogens is 4. The lowest BCUT2D eigenvalue weighted by atomic mass is 9.97.